The van der Waals surface area contributed by atoms with Gasteiger partial charge >= 0.3 is 0 Å². The SMILES string of the molecule is [2H]C([2H])([2H])C(c1ccc(O)c2nc(-c3[c-]c4c(cc3)N(C)c3ccc(C(C)(C)C)cc3N4c3ccccn3)ccc12)(C([2H])([2H])[2H])C([2H])([2H])[2H].[Pt]. The Morgan fingerprint density at radius 1 is 0.854 bits per heavy atom. The quantitative estimate of drug-likeness (QED) is 0.184. The molecule has 5 aromatic rings. The van der Waals surface area contributed by atoms with Gasteiger partial charge in [-0.15, -0.1) is 23.8 Å². The van der Waals surface area contributed by atoms with Gasteiger partial charge in [-0.2, -0.15) is 0 Å². The molecule has 6 rings (SSSR count). The van der Waals surface area contributed by atoms with E-state index in [0.29, 0.717) is 22.8 Å². The van der Waals surface area contributed by atoms with E-state index in [1.165, 1.54) is 12.1 Å². The molecule has 0 saturated carbocycles. The van der Waals surface area contributed by atoms with Gasteiger partial charge in [-0.25, -0.2) is 4.98 Å². The third-order valence-electron chi connectivity index (χ3n) is 7.33. The molecule has 0 bridgehead atoms. The number of anilines is 5. The topological polar surface area (TPSA) is 52.5 Å². The summed E-state index contributed by atoms with van der Waals surface area (Å²) in [7, 11) is 1.97. The van der Waals surface area contributed by atoms with Crippen molar-refractivity contribution in [2.75, 3.05) is 16.8 Å². The molecule has 1 N–H and O–H groups in total. The molecular weight excluding hydrogens is 687 g/mol. The minimum absolute atomic E-state index is 0. The molecule has 0 aliphatic carbocycles. The van der Waals surface area contributed by atoms with Crippen LogP contribution in [0.1, 0.15) is 64.8 Å². The van der Waals surface area contributed by atoms with E-state index >= 15 is 0 Å². The van der Waals surface area contributed by atoms with Crippen molar-refractivity contribution in [1.29, 1.82) is 0 Å². The number of aromatic nitrogens is 2. The smallest absolute Gasteiger partial charge is 0.140 e. The average molecular weight is 732 g/mol. The van der Waals surface area contributed by atoms with Crippen molar-refractivity contribution in [3.63, 3.8) is 0 Å². The van der Waals surface area contributed by atoms with Crippen LogP contribution in [0.3, 0.4) is 0 Å². The summed E-state index contributed by atoms with van der Waals surface area (Å²) < 4.78 is 73.8. The second-order valence-corrected chi connectivity index (χ2v) is 11.1. The van der Waals surface area contributed by atoms with E-state index in [4.69, 9.17) is 12.3 Å². The minimum atomic E-state index is -3.47. The van der Waals surface area contributed by atoms with E-state index in [0.717, 1.165) is 34.8 Å². The van der Waals surface area contributed by atoms with E-state index in [1.54, 1.807) is 6.20 Å². The Labute approximate surface area is 269 Å². The summed E-state index contributed by atoms with van der Waals surface area (Å²) in [6.07, 6.45) is 1.72. The largest absolute Gasteiger partial charge is 0.506 e. The molecule has 5 nitrogen and oxygen atoms in total. The Morgan fingerprint density at radius 2 is 1.63 bits per heavy atom. The first kappa shape index (κ1) is 19.4. The fraction of sp³-hybridized carbons (Fsp3) is 0.257. The van der Waals surface area contributed by atoms with Gasteiger partial charge in [0.1, 0.15) is 17.1 Å². The molecule has 3 aromatic carbocycles. The molecule has 0 spiro atoms. The molecule has 1 aliphatic rings. The van der Waals surface area contributed by atoms with Crippen LogP contribution in [-0.2, 0) is 31.9 Å². The van der Waals surface area contributed by atoms with Gasteiger partial charge in [-0.3, -0.25) is 4.98 Å². The average Bonchev–Trinajstić information content (AvgIpc) is 3.00. The van der Waals surface area contributed by atoms with Crippen LogP contribution in [-0.4, -0.2) is 22.1 Å². The van der Waals surface area contributed by atoms with Crippen molar-refractivity contribution in [1.82, 2.24) is 9.97 Å². The van der Waals surface area contributed by atoms with Gasteiger partial charge in [0.05, 0.1) is 11.4 Å². The summed E-state index contributed by atoms with van der Waals surface area (Å²) in [6, 6.07) is 24.3. The van der Waals surface area contributed by atoms with Gasteiger partial charge in [0.15, 0.2) is 0 Å². The van der Waals surface area contributed by atoms with Gasteiger partial charge < -0.3 is 14.9 Å². The zero-order valence-electron chi connectivity index (χ0n) is 32.1. The second kappa shape index (κ2) is 10.3. The normalized spacial score (nSPS) is 17.2. The standard InChI is InChI=1S/C35H35N4O.Pt/c1-34(2,3)23-12-17-28-30(21-23)39(32-10-8-9-19-36-32)29-20-22(11-16-27(29)38(28)7)26-15-13-24-25(35(4,5)6)14-18-31(40)33(24)37-26;/h8-19,21,40H,1-7H3;/q-1;/i4D3,5D3,6D3;. The van der Waals surface area contributed by atoms with Crippen molar-refractivity contribution in [3.8, 4) is 17.0 Å². The third kappa shape index (κ3) is 5.02. The molecule has 6 heteroatoms. The zero-order chi connectivity index (χ0) is 35.9. The van der Waals surface area contributed by atoms with E-state index in [2.05, 4.69) is 59.9 Å². The van der Waals surface area contributed by atoms with Crippen LogP contribution < -0.4 is 9.80 Å². The van der Waals surface area contributed by atoms with Crippen molar-refractivity contribution in [2.24, 2.45) is 0 Å². The van der Waals surface area contributed by atoms with Crippen molar-refractivity contribution < 1.29 is 38.5 Å². The Kier molecular flexibility index (Phi) is 4.88. The molecule has 1 aliphatic heterocycles. The first-order valence-electron chi connectivity index (χ1n) is 17.5. The maximum atomic E-state index is 10.9. The van der Waals surface area contributed by atoms with Crippen molar-refractivity contribution in [3.05, 3.63) is 96.2 Å². The molecule has 0 atom stereocenters. The van der Waals surface area contributed by atoms with Gasteiger partial charge in [0, 0.05) is 52.0 Å². The Balaban J connectivity index is 0.00000486. The Hall–Kier alpha value is -3.69. The van der Waals surface area contributed by atoms with Crippen LogP contribution in [0.4, 0.5) is 28.6 Å². The number of nitrogens with zero attached hydrogens (tertiary/aromatic N) is 4. The molecule has 41 heavy (non-hydrogen) atoms. The summed E-state index contributed by atoms with van der Waals surface area (Å²) in [5.74, 6) is 0.300. The van der Waals surface area contributed by atoms with E-state index in [1.807, 2.05) is 42.3 Å². The molecule has 0 fully saturated rings. The number of benzene rings is 3. The number of pyridine rings is 2. The molecule has 0 unspecified atom stereocenters. The predicted molar refractivity (Wildman–Crippen MR) is 166 cm³/mol. The van der Waals surface area contributed by atoms with Crippen LogP contribution in [0.2, 0.25) is 0 Å². The van der Waals surface area contributed by atoms with Crippen molar-refractivity contribution >= 4 is 39.5 Å². The monoisotopic (exact) mass is 731 g/mol. The van der Waals surface area contributed by atoms with Crippen LogP contribution in [0.25, 0.3) is 22.2 Å². The number of phenolic OH excluding ortho intramolecular Hbond substituents is 1. The maximum Gasteiger partial charge on any atom is 0.140 e. The number of hydrogen-bond acceptors (Lipinski definition) is 5. The number of rotatable bonds is 2. The van der Waals surface area contributed by atoms with Crippen LogP contribution in [0.15, 0.2) is 79.0 Å². The molecule has 0 amide bonds. The molecule has 0 saturated heterocycles. The number of aromatic hydroxyl groups is 1. The molecule has 3 heterocycles. The summed E-state index contributed by atoms with van der Waals surface area (Å²) in [6.45, 7) is -3.97. The number of hydrogen-bond donors (Lipinski definition) is 1. The Morgan fingerprint density at radius 3 is 2.34 bits per heavy atom. The van der Waals surface area contributed by atoms with E-state index < -0.39 is 31.5 Å². The van der Waals surface area contributed by atoms with Gasteiger partial charge in [-0.1, -0.05) is 71.7 Å². The first-order chi connectivity index (χ1) is 22.7. The third-order valence-corrected chi connectivity index (χ3v) is 7.33. The molecule has 212 valence electrons. The fourth-order valence-electron chi connectivity index (χ4n) is 5.17. The maximum absolute atomic E-state index is 10.9. The predicted octanol–water partition coefficient (Wildman–Crippen LogP) is 8.95. The summed E-state index contributed by atoms with van der Waals surface area (Å²) in [5.41, 5.74) is 1.39. The molecular formula is C35H35N4OPt-. The summed E-state index contributed by atoms with van der Waals surface area (Å²) >= 11 is 0. The Bertz CT molecular complexity index is 2040. The minimum Gasteiger partial charge on any atom is -0.506 e. The second-order valence-electron chi connectivity index (χ2n) is 11.1. The molecule has 2 aromatic heterocycles. The number of fused-ring (bicyclic) bond motifs is 3. The van der Waals surface area contributed by atoms with Crippen molar-refractivity contribution in [2.45, 2.75) is 52.2 Å². The van der Waals surface area contributed by atoms with Crippen LogP contribution >= 0.6 is 0 Å². The van der Waals surface area contributed by atoms with Gasteiger partial charge in [0.2, 0.25) is 0 Å². The number of phenols is 1. The summed E-state index contributed by atoms with van der Waals surface area (Å²) in [5, 5.41) is 10.8. The van der Waals surface area contributed by atoms with Gasteiger partial charge in [0.25, 0.3) is 0 Å². The van der Waals surface area contributed by atoms with Gasteiger partial charge in [-0.05, 0) is 69.4 Å². The summed E-state index contributed by atoms with van der Waals surface area (Å²) in [4.78, 5) is 13.4. The fourth-order valence-corrected chi connectivity index (χ4v) is 5.17. The van der Waals surface area contributed by atoms with E-state index in [9.17, 15) is 5.11 Å². The molecule has 0 radical (unpaired) electrons. The zero-order valence-corrected chi connectivity index (χ0v) is 25.3. The first-order valence-corrected chi connectivity index (χ1v) is 13.0. The van der Waals surface area contributed by atoms with E-state index in [-0.39, 0.29) is 43.1 Å². The van der Waals surface area contributed by atoms with Crippen LogP contribution in [0.5, 0.6) is 5.75 Å². The van der Waals surface area contributed by atoms with Crippen LogP contribution in [0, 0.1) is 6.07 Å².